The SMILES string of the molecule is NC(=S)c1cc(F)ccc1N1CCCC1CO. The summed E-state index contributed by atoms with van der Waals surface area (Å²) < 4.78 is 13.2. The third-order valence-electron chi connectivity index (χ3n) is 3.12. The minimum Gasteiger partial charge on any atom is -0.394 e. The average Bonchev–Trinajstić information content (AvgIpc) is 2.76. The molecular weight excluding hydrogens is 239 g/mol. The third kappa shape index (κ3) is 2.40. The average molecular weight is 254 g/mol. The van der Waals surface area contributed by atoms with Gasteiger partial charge in [-0.2, -0.15) is 0 Å². The van der Waals surface area contributed by atoms with Crippen LogP contribution in [-0.2, 0) is 0 Å². The highest BCUT2D eigenvalue weighted by molar-refractivity contribution is 7.80. The van der Waals surface area contributed by atoms with Crippen LogP contribution in [0.15, 0.2) is 18.2 Å². The van der Waals surface area contributed by atoms with Gasteiger partial charge in [0.15, 0.2) is 0 Å². The summed E-state index contributed by atoms with van der Waals surface area (Å²) in [5.74, 6) is -0.351. The lowest BCUT2D eigenvalue weighted by molar-refractivity contribution is 0.266. The maximum Gasteiger partial charge on any atom is 0.124 e. The summed E-state index contributed by atoms with van der Waals surface area (Å²) in [7, 11) is 0. The van der Waals surface area contributed by atoms with E-state index in [0.29, 0.717) is 5.56 Å². The molecule has 1 heterocycles. The summed E-state index contributed by atoms with van der Waals surface area (Å²) in [5, 5.41) is 9.30. The van der Waals surface area contributed by atoms with Crippen molar-refractivity contribution >= 4 is 22.9 Å². The molecule has 0 aromatic heterocycles. The van der Waals surface area contributed by atoms with Crippen LogP contribution in [0.2, 0.25) is 0 Å². The number of nitrogens with zero attached hydrogens (tertiary/aromatic N) is 1. The van der Waals surface area contributed by atoms with E-state index in [1.54, 1.807) is 6.07 Å². The molecule has 1 aliphatic rings. The molecule has 2 rings (SSSR count). The number of thiocarbonyl (C=S) groups is 1. The van der Waals surface area contributed by atoms with Crippen LogP contribution in [0.5, 0.6) is 0 Å². The van der Waals surface area contributed by atoms with Crippen LogP contribution in [-0.4, -0.2) is 29.3 Å². The van der Waals surface area contributed by atoms with Crippen molar-refractivity contribution in [2.45, 2.75) is 18.9 Å². The van der Waals surface area contributed by atoms with Gasteiger partial charge in [0.1, 0.15) is 10.8 Å². The lowest BCUT2D eigenvalue weighted by Gasteiger charge is -2.27. The molecule has 1 unspecified atom stereocenters. The number of aliphatic hydroxyl groups excluding tert-OH is 1. The zero-order valence-corrected chi connectivity index (χ0v) is 10.2. The Morgan fingerprint density at radius 2 is 2.35 bits per heavy atom. The van der Waals surface area contributed by atoms with Gasteiger partial charge in [0, 0.05) is 17.8 Å². The normalized spacial score (nSPS) is 19.6. The molecule has 0 saturated carbocycles. The van der Waals surface area contributed by atoms with Gasteiger partial charge in [-0.1, -0.05) is 12.2 Å². The molecule has 0 amide bonds. The van der Waals surface area contributed by atoms with Crippen LogP contribution in [0, 0.1) is 5.82 Å². The molecule has 17 heavy (non-hydrogen) atoms. The Hall–Kier alpha value is -1.20. The highest BCUT2D eigenvalue weighted by Gasteiger charge is 2.26. The number of aliphatic hydroxyl groups is 1. The lowest BCUT2D eigenvalue weighted by Crippen LogP contribution is -2.33. The monoisotopic (exact) mass is 254 g/mol. The fraction of sp³-hybridized carbons (Fsp3) is 0.417. The van der Waals surface area contributed by atoms with Crippen LogP contribution in [0.25, 0.3) is 0 Å². The molecule has 1 aromatic rings. The van der Waals surface area contributed by atoms with Crippen LogP contribution in [0.1, 0.15) is 18.4 Å². The first-order valence-electron chi connectivity index (χ1n) is 5.60. The van der Waals surface area contributed by atoms with E-state index >= 15 is 0 Å². The first kappa shape index (κ1) is 12.3. The summed E-state index contributed by atoms with van der Waals surface area (Å²) >= 11 is 4.94. The zero-order chi connectivity index (χ0) is 12.4. The Morgan fingerprint density at radius 1 is 1.59 bits per heavy atom. The number of anilines is 1. The Labute approximate surface area is 105 Å². The topological polar surface area (TPSA) is 49.5 Å². The summed E-state index contributed by atoms with van der Waals surface area (Å²) in [4.78, 5) is 2.23. The molecule has 5 heteroatoms. The second-order valence-electron chi connectivity index (χ2n) is 4.20. The van der Waals surface area contributed by atoms with Crippen LogP contribution in [0.3, 0.4) is 0 Å². The highest BCUT2D eigenvalue weighted by atomic mass is 32.1. The van der Waals surface area contributed by atoms with Crippen molar-refractivity contribution in [3.8, 4) is 0 Å². The van der Waals surface area contributed by atoms with Gasteiger partial charge < -0.3 is 15.7 Å². The minimum atomic E-state index is -0.351. The molecule has 0 radical (unpaired) electrons. The Bertz CT molecular complexity index is 439. The molecule has 1 fully saturated rings. The highest BCUT2D eigenvalue weighted by Crippen LogP contribution is 2.29. The van der Waals surface area contributed by atoms with Gasteiger partial charge in [0.05, 0.1) is 12.6 Å². The molecule has 92 valence electrons. The minimum absolute atomic E-state index is 0.0774. The summed E-state index contributed by atoms with van der Waals surface area (Å²) in [5.41, 5.74) is 6.97. The van der Waals surface area contributed by atoms with Gasteiger partial charge >= 0.3 is 0 Å². The summed E-state index contributed by atoms with van der Waals surface area (Å²) in [6.45, 7) is 0.931. The number of benzene rings is 1. The molecule has 1 atom stereocenters. The van der Waals surface area contributed by atoms with E-state index in [4.69, 9.17) is 18.0 Å². The number of halogens is 1. The van der Waals surface area contributed by atoms with E-state index in [9.17, 15) is 9.50 Å². The smallest absolute Gasteiger partial charge is 0.124 e. The van der Waals surface area contributed by atoms with Crippen LogP contribution < -0.4 is 10.6 Å². The van der Waals surface area contributed by atoms with Crippen molar-refractivity contribution in [2.75, 3.05) is 18.1 Å². The Morgan fingerprint density at radius 3 is 3.00 bits per heavy atom. The number of hydrogen-bond acceptors (Lipinski definition) is 3. The molecule has 0 aliphatic carbocycles. The summed E-state index contributed by atoms with van der Waals surface area (Å²) in [6, 6.07) is 4.50. The maximum absolute atomic E-state index is 13.2. The van der Waals surface area contributed by atoms with Gasteiger partial charge in [0.25, 0.3) is 0 Å². The van der Waals surface area contributed by atoms with Crippen molar-refractivity contribution in [3.05, 3.63) is 29.6 Å². The maximum atomic E-state index is 13.2. The van der Waals surface area contributed by atoms with E-state index < -0.39 is 0 Å². The van der Waals surface area contributed by atoms with Crippen molar-refractivity contribution in [2.24, 2.45) is 5.73 Å². The van der Waals surface area contributed by atoms with Crippen molar-refractivity contribution in [1.29, 1.82) is 0 Å². The molecule has 3 N–H and O–H groups in total. The largest absolute Gasteiger partial charge is 0.394 e. The fourth-order valence-electron chi connectivity index (χ4n) is 2.30. The van der Waals surface area contributed by atoms with E-state index in [-0.39, 0.29) is 23.5 Å². The second kappa shape index (κ2) is 4.98. The first-order valence-corrected chi connectivity index (χ1v) is 6.01. The fourth-order valence-corrected chi connectivity index (χ4v) is 2.46. The third-order valence-corrected chi connectivity index (χ3v) is 3.34. The van der Waals surface area contributed by atoms with Crippen molar-refractivity contribution < 1.29 is 9.50 Å². The van der Waals surface area contributed by atoms with Gasteiger partial charge in [0.2, 0.25) is 0 Å². The molecule has 1 saturated heterocycles. The first-order chi connectivity index (χ1) is 8.13. The van der Waals surface area contributed by atoms with E-state index in [1.807, 2.05) is 4.90 Å². The van der Waals surface area contributed by atoms with E-state index in [0.717, 1.165) is 25.1 Å². The number of nitrogens with two attached hydrogens (primary N) is 1. The van der Waals surface area contributed by atoms with Gasteiger partial charge in [-0.25, -0.2) is 4.39 Å². The molecular formula is C12H15FN2OS. The van der Waals surface area contributed by atoms with Crippen molar-refractivity contribution in [3.63, 3.8) is 0 Å². The molecule has 0 bridgehead atoms. The number of rotatable bonds is 3. The van der Waals surface area contributed by atoms with Crippen molar-refractivity contribution in [1.82, 2.24) is 0 Å². The molecule has 1 aromatic carbocycles. The standard InChI is InChI=1S/C12H15FN2OS/c13-8-3-4-11(10(6-8)12(14)17)15-5-1-2-9(15)7-16/h3-4,6,9,16H,1-2,5,7H2,(H2,14,17). The lowest BCUT2D eigenvalue weighted by atomic mass is 10.1. The van der Waals surface area contributed by atoms with Gasteiger partial charge in [-0.05, 0) is 31.0 Å². The molecule has 1 aliphatic heterocycles. The predicted octanol–water partition coefficient (Wildman–Crippen LogP) is 1.42. The molecule has 3 nitrogen and oxygen atoms in total. The Balaban J connectivity index is 2.40. The summed E-state index contributed by atoms with van der Waals surface area (Å²) in [6.07, 6.45) is 1.95. The van der Waals surface area contributed by atoms with Gasteiger partial charge in [-0.3, -0.25) is 0 Å². The van der Waals surface area contributed by atoms with E-state index in [2.05, 4.69) is 0 Å². The van der Waals surface area contributed by atoms with Crippen LogP contribution >= 0.6 is 12.2 Å². The van der Waals surface area contributed by atoms with Gasteiger partial charge in [-0.15, -0.1) is 0 Å². The van der Waals surface area contributed by atoms with Crippen LogP contribution in [0.4, 0.5) is 10.1 Å². The predicted molar refractivity (Wildman–Crippen MR) is 69.7 cm³/mol. The Kier molecular flexibility index (Phi) is 3.59. The quantitative estimate of drug-likeness (QED) is 0.801. The second-order valence-corrected chi connectivity index (χ2v) is 4.64. The van der Waals surface area contributed by atoms with E-state index in [1.165, 1.54) is 12.1 Å². The zero-order valence-electron chi connectivity index (χ0n) is 9.40. The molecule has 0 spiro atoms. The number of hydrogen-bond donors (Lipinski definition) is 2.